The van der Waals surface area contributed by atoms with Crippen LogP contribution < -0.4 is 5.32 Å². The van der Waals surface area contributed by atoms with Crippen LogP contribution in [0.1, 0.15) is 50.4 Å². The standard InChI is InChI=1S/C44H36N4O4S2/c1-29-46-47-40(54-29)36(53)27-32-28-51-42-37(45-44(33-21-11-4-12-22-33,34-23-13-5-14-24-34)35-25-15-6-16-26-35)41(49)48(42)38(32)43(50)52-39(30-17-7-2-8-18-30)31-19-9-3-10-20-31/h2-26,37,39,42,45H,27-28H2,1H3. The Hall–Kier alpha value is -5.65. The van der Waals surface area contributed by atoms with E-state index in [1.54, 1.807) is 0 Å². The minimum atomic E-state index is -0.937. The van der Waals surface area contributed by atoms with Gasteiger partial charge in [0.05, 0.1) is 17.0 Å². The number of fused-ring (bicyclic) bond motifs is 1. The van der Waals surface area contributed by atoms with Gasteiger partial charge in [-0.1, -0.05) is 175 Å². The van der Waals surface area contributed by atoms with E-state index in [0.717, 1.165) is 32.8 Å². The van der Waals surface area contributed by atoms with Crippen molar-refractivity contribution in [3.05, 3.63) is 201 Å². The van der Waals surface area contributed by atoms with Crippen molar-refractivity contribution >= 4 is 40.3 Å². The average Bonchev–Trinajstić information content (AvgIpc) is 3.68. The maximum Gasteiger partial charge on any atom is 0.356 e. The lowest BCUT2D eigenvalue weighted by atomic mass is 9.75. The Kier molecular flexibility index (Phi) is 10.1. The molecule has 6 aromatic rings. The Balaban J connectivity index is 1.19. The molecular weight excluding hydrogens is 713 g/mol. The summed E-state index contributed by atoms with van der Waals surface area (Å²) in [7, 11) is 0. The number of hydrogen-bond donors (Lipinski definition) is 1. The van der Waals surface area contributed by atoms with E-state index < -0.39 is 29.9 Å². The number of nitrogens with zero attached hydrogens (tertiary/aromatic N) is 3. The first-order valence-electron chi connectivity index (χ1n) is 17.7. The lowest BCUT2D eigenvalue weighted by Crippen LogP contribution is -2.75. The number of esters is 1. The summed E-state index contributed by atoms with van der Waals surface area (Å²) in [5, 5.41) is 13.5. The van der Waals surface area contributed by atoms with Crippen LogP contribution in [0, 0.1) is 6.92 Å². The number of carbonyl (C=O) groups excluding carboxylic acids is 2. The summed E-state index contributed by atoms with van der Waals surface area (Å²) < 4.78 is 12.9. The number of nitrogens with one attached hydrogen (secondary N) is 1. The summed E-state index contributed by atoms with van der Waals surface area (Å²) >= 11 is 7.20. The van der Waals surface area contributed by atoms with E-state index in [1.807, 2.05) is 122 Å². The zero-order valence-electron chi connectivity index (χ0n) is 29.4. The van der Waals surface area contributed by atoms with Crippen molar-refractivity contribution in [2.75, 3.05) is 6.61 Å². The summed E-state index contributed by atoms with van der Waals surface area (Å²) in [6.07, 6.45) is -1.35. The van der Waals surface area contributed by atoms with Gasteiger partial charge in [-0.2, -0.15) is 0 Å². The molecule has 268 valence electrons. The van der Waals surface area contributed by atoms with Gasteiger partial charge in [-0.15, -0.1) is 10.2 Å². The van der Waals surface area contributed by atoms with E-state index in [9.17, 15) is 9.59 Å². The van der Waals surface area contributed by atoms with Gasteiger partial charge in [0.2, 0.25) is 0 Å². The van der Waals surface area contributed by atoms with Crippen LogP contribution in [0.2, 0.25) is 0 Å². The summed E-state index contributed by atoms with van der Waals surface area (Å²) in [5.74, 6) is -0.954. The van der Waals surface area contributed by atoms with Crippen molar-refractivity contribution in [3.63, 3.8) is 0 Å². The number of carbonyl (C=O) groups is 2. The molecule has 2 aliphatic heterocycles. The van der Waals surface area contributed by atoms with Crippen LogP contribution in [0.5, 0.6) is 0 Å². The molecule has 0 radical (unpaired) electrons. The zero-order chi connectivity index (χ0) is 37.1. The molecule has 2 aliphatic rings. The average molecular weight is 749 g/mol. The van der Waals surface area contributed by atoms with Gasteiger partial charge in [0.25, 0.3) is 5.91 Å². The highest BCUT2D eigenvalue weighted by molar-refractivity contribution is 7.81. The first-order chi connectivity index (χ1) is 26.4. The van der Waals surface area contributed by atoms with Crippen molar-refractivity contribution in [1.82, 2.24) is 20.4 Å². The van der Waals surface area contributed by atoms with Crippen LogP contribution in [-0.4, -0.2) is 50.7 Å². The second-order valence-corrected chi connectivity index (χ2v) is 14.8. The van der Waals surface area contributed by atoms with E-state index >= 15 is 0 Å². The molecule has 8 nitrogen and oxygen atoms in total. The van der Waals surface area contributed by atoms with Crippen molar-refractivity contribution in [1.29, 1.82) is 0 Å². The van der Waals surface area contributed by atoms with Crippen LogP contribution in [0.25, 0.3) is 0 Å². The molecule has 2 unspecified atom stereocenters. The SMILES string of the molecule is Cc1nnc(C(=S)CC2=C(C(=O)OC(c3ccccc3)c3ccccc3)N3C(=O)C(NC(c4ccccc4)(c4ccccc4)c4ccccc4)C3OC2)s1. The van der Waals surface area contributed by atoms with Crippen LogP contribution >= 0.6 is 23.6 Å². The van der Waals surface area contributed by atoms with Crippen molar-refractivity contribution in [3.8, 4) is 0 Å². The molecule has 3 heterocycles. The maximum absolute atomic E-state index is 14.7. The van der Waals surface area contributed by atoms with Crippen molar-refractivity contribution in [2.24, 2.45) is 0 Å². The fourth-order valence-corrected chi connectivity index (χ4v) is 8.25. The molecule has 1 saturated heterocycles. The Labute approximate surface area is 323 Å². The lowest BCUT2D eigenvalue weighted by Gasteiger charge is -2.53. The minimum Gasteiger partial charge on any atom is -0.448 e. The van der Waals surface area contributed by atoms with E-state index in [2.05, 4.69) is 51.9 Å². The Morgan fingerprint density at radius 3 is 1.76 bits per heavy atom. The predicted octanol–water partition coefficient (Wildman–Crippen LogP) is 7.69. The molecule has 0 aliphatic carbocycles. The van der Waals surface area contributed by atoms with Gasteiger partial charge in [0, 0.05) is 6.42 Å². The summed E-state index contributed by atoms with van der Waals surface area (Å²) in [6, 6.07) is 48.5. The van der Waals surface area contributed by atoms with Gasteiger partial charge in [0.15, 0.2) is 17.3 Å². The highest BCUT2D eigenvalue weighted by Gasteiger charge is 2.57. The van der Waals surface area contributed by atoms with E-state index in [-0.39, 0.29) is 24.6 Å². The molecule has 1 aromatic heterocycles. The molecule has 2 atom stereocenters. The molecular formula is C44H36N4O4S2. The van der Waals surface area contributed by atoms with Gasteiger partial charge in [-0.3, -0.25) is 15.0 Å². The number of amides is 1. The van der Waals surface area contributed by atoms with Gasteiger partial charge in [-0.25, -0.2) is 4.79 Å². The molecule has 8 rings (SSSR count). The third kappa shape index (κ3) is 6.69. The molecule has 1 amide bonds. The number of benzene rings is 5. The normalized spacial score (nSPS) is 16.9. The number of thiocarbonyl (C=S) groups is 1. The molecule has 1 fully saturated rings. The second kappa shape index (κ2) is 15.4. The first-order valence-corrected chi connectivity index (χ1v) is 18.9. The van der Waals surface area contributed by atoms with E-state index in [0.29, 0.717) is 15.4 Å². The second-order valence-electron chi connectivity index (χ2n) is 13.2. The Morgan fingerprint density at radius 2 is 1.30 bits per heavy atom. The monoisotopic (exact) mass is 748 g/mol. The third-order valence-electron chi connectivity index (χ3n) is 9.80. The number of β-lactam (4-membered cyclic amide) rings is 1. The van der Waals surface area contributed by atoms with Crippen molar-refractivity contribution < 1.29 is 19.1 Å². The first kappa shape index (κ1) is 35.4. The molecule has 0 spiro atoms. The molecule has 0 saturated carbocycles. The van der Waals surface area contributed by atoms with Crippen molar-refractivity contribution in [2.45, 2.75) is 37.3 Å². The molecule has 10 heteroatoms. The maximum atomic E-state index is 14.7. The van der Waals surface area contributed by atoms with Crippen LogP contribution in [0.3, 0.4) is 0 Å². The number of rotatable bonds is 12. The van der Waals surface area contributed by atoms with Gasteiger partial charge in [-0.05, 0) is 40.3 Å². The fourth-order valence-electron chi connectivity index (χ4n) is 7.28. The van der Waals surface area contributed by atoms with Crippen LogP contribution in [0.15, 0.2) is 163 Å². The molecule has 0 bridgehead atoms. The Morgan fingerprint density at radius 1 is 0.815 bits per heavy atom. The zero-order valence-corrected chi connectivity index (χ0v) is 31.0. The van der Waals surface area contributed by atoms with Gasteiger partial charge < -0.3 is 9.47 Å². The smallest absolute Gasteiger partial charge is 0.356 e. The Bertz CT molecular complexity index is 2170. The fraction of sp³-hybridized carbons (Fsp3) is 0.159. The van der Waals surface area contributed by atoms with Crippen LogP contribution in [-0.2, 0) is 24.6 Å². The van der Waals surface area contributed by atoms with Gasteiger partial charge >= 0.3 is 5.97 Å². The number of aromatic nitrogens is 2. The quantitative estimate of drug-likeness (QED) is 0.0448. The largest absolute Gasteiger partial charge is 0.448 e. The third-order valence-corrected chi connectivity index (χ3v) is 11.2. The molecule has 54 heavy (non-hydrogen) atoms. The summed E-state index contributed by atoms with van der Waals surface area (Å²) in [6.45, 7) is 1.92. The highest BCUT2D eigenvalue weighted by atomic mass is 32.1. The lowest BCUT2D eigenvalue weighted by molar-refractivity contribution is -0.186. The van der Waals surface area contributed by atoms with Gasteiger partial charge in [0.1, 0.15) is 16.7 Å². The minimum absolute atomic E-state index is 0.0609. The topological polar surface area (TPSA) is 93.7 Å². The summed E-state index contributed by atoms with van der Waals surface area (Å²) in [5.41, 5.74) is 4.20. The number of aryl methyl sites for hydroxylation is 1. The number of ether oxygens (including phenoxy) is 2. The van der Waals surface area contributed by atoms with E-state index in [1.165, 1.54) is 16.2 Å². The summed E-state index contributed by atoms with van der Waals surface area (Å²) in [4.78, 5) is 31.3. The van der Waals surface area contributed by atoms with Crippen LogP contribution in [0.4, 0.5) is 0 Å². The molecule has 5 aromatic carbocycles. The highest BCUT2D eigenvalue weighted by Crippen LogP contribution is 2.42. The molecule has 1 N–H and O–H groups in total. The predicted molar refractivity (Wildman–Crippen MR) is 212 cm³/mol. The number of hydrogen-bond acceptors (Lipinski definition) is 9. The van der Waals surface area contributed by atoms with E-state index in [4.69, 9.17) is 21.7 Å².